The largest absolute Gasteiger partial charge is 0.508 e. The van der Waals surface area contributed by atoms with Crippen molar-refractivity contribution in [3.63, 3.8) is 0 Å². The molecule has 5 N–H and O–H groups in total. The molecule has 0 bridgehead atoms. The zero-order valence-electron chi connectivity index (χ0n) is 20.5. The molecule has 37 heavy (non-hydrogen) atoms. The minimum atomic E-state index is -0.0336. The number of anilines is 5. The summed E-state index contributed by atoms with van der Waals surface area (Å²) < 4.78 is 0. The summed E-state index contributed by atoms with van der Waals surface area (Å²) in [5.41, 5.74) is 2.30. The second-order valence-electron chi connectivity index (χ2n) is 8.43. The van der Waals surface area contributed by atoms with Crippen molar-refractivity contribution in [1.82, 2.24) is 20.3 Å². The molecule has 0 saturated carbocycles. The number of carbonyl (C=O) groups is 1. The van der Waals surface area contributed by atoms with Crippen LogP contribution in [0.2, 0.25) is 0 Å². The lowest BCUT2D eigenvalue weighted by Crippen LogP contribution is -2.24. The summed E-state index contributed by atoms with van der Waals surface area (Å²) in [6, 6.07) is 25.6. The average molecular weight is 498 g/mol. The molecule has 1 heterocycles. The summed E-state index contributed by atoms with van der Waals surface area (Å²) >= 11 is 0. The van der Waals surface area contributed by atoms with Crippen molar-refractivity contribution in [2.24, 2.45) is 0 Å². The first-order valence-corrected chi connectivity index (χ1v) is 12.4. The lowest BCUT2D eigenvalue weighted by atomic mass is 10.2. The van der Waals surface area contributed by atoms with Crippen molar-refractivity contribution in [1.29, 1.82) is 0 Å². The van der Waals surface area contributed by atoms with Crippen LogP contribution in [0.3, 0.4) is 0 Å². The maximum Gasteiger partial charge on any atom is 0.251 e. The van der Waals surface area contributed by atoms with Crippen LogP contribution in [0, 0.1) is 0 Å². The van der Waals surface area contributed by atoms with Gasteiger partial charge in [-0.1, -0.05) is 49.2 Å². The van der Waals surface area contributed by atoms with Crippen LogP contribution in [0.4, 0.5) is 29.2 Å². The molecule has 0 aliphatic heterocycles. The van der Waals surface area contributed by atoms with Crippen LogP contribution in [-0.2, 0) is 0 Å². The Hall–Kier alpha value is -4.66. The van der Waals surface area contributed by atoms with Crippen molar-refractivity contribution in [2.45, 2.75) is 25.7 Å². The van der Waals surface area contributed by atoms with Gasteiger partial charge < -0.3 is 26.4 Å². The molecule has 0 aliphatic carbocycles. The van der Waals surface area contributed by atoms with Crippen LogP contribution >= 0.6 is 0 Å². The predicted molar refractivity (Wildman–Crippen MR) is 147 cm³/mol. The Bertz CT molecular complexity index is 1250. The minimum absolute atomic E-state index is 0.0336. The van der Waals surface area contributed by atoms with Crippen molar-refractivity contribution < 1.29 is 9.90 Å². The van der Waals surface area contributed by atoms with Gasteiger partial charge in [-0.3, -0.25) is 4.79 Å². The minimum Gasteiger partial charge on any atom is -0.508 e. The molecule has 190 valence electrons. The fourth-order valence-electron chi connectivity index (χ4n) is 3.59. The van der Waals surface area contributed by atoms with Gasteiger partial charge in [0.1, 0.15) is 5.75 Å². The van der Waals surface area contributed by atoms with E-state index in [1.54, 1.807) is 24.3 Å². The molecule has 0 aliphatic rings. The fourth-order valence-corrected chi connectivity index (χ4v) is 3.59. The number of aromatic hydroxyl groups is 1. The zero-order chi connectivity index (χ0) is 25.7. The highest BCUT2D eigenvalue weighted by Gasteiger charge is 2.08. The van der Waals surface area contributed by atoms with E-state index < -0.39 is 0 Å². The third-order valence-electron chi connectivity index (χ3n) is 5.50. The molecule has 1 aromatic heterocycles. The van der Waals surface area contributed by atoms with Crippen molar-refractivity contribution in [3.05, 3.63) is 90.5 Å². The highest BCUT2D eigenvalue weighted by Crippen LogP contribution is 2.20. The third-order valence-corrected chi connectivity index (χ3v) is 5.50. The van der Waals surface area contributed by atoms with Gasteiger partial charge in [0.25, 0.3) is 5.91 Å². The van der Waals surface area contributed by atoms with Crippen LogP contribution in [0.15, 0.2) is 84.9 Å². The summed E-state index contributed by atoms with van der Waals surface area (Å²) in [6.07, 6.45) is 3.91. The number of carbonyl (C=O) groups excluding carboxylic acids is 1. The number of unbranched alkanes of at least 4 members (excludes halogenated alkanes) is 3. The van der Waals surface area contributed by atoms with Crippen LogP contribution in [0.1, 0.15) is 36.0 Å². The molecule has 0 saturated heterocycles. The van der Waals surface area contributed by atoms with E-state index in [1.807, 2.05) is 60.7 Å². The Morgan fingerprint density at radius 2 is 1.16 bits per heavy atom. The monoisotopic (exact) mass is 497 g/mol. The Morgan fingerprint density at radius 1 is 0.622 bits per heavy atom. The van der Waals surface area contributed by atoms with Crippen molar-refractivity contribution in [3.8, 4) is 5.75 Å². The quantitative estimate of drug-likeness (QED) is 0.122. The number of aromatic nitrogens is 3. The number of benzene rings is 3. The van der Waals surface area contributed by atoms with E-state index >= 15 is 0 Å². The van der Waals surface area contributed by atoms with Gasteiger partial charge in [-0.25, -0.2) is 0 Å². The molecule has 0 unspecified atom stereocenters. The Kier molecular flexibility index (Phi) is 9.23. The van der Waals surface area contributed by atoms with Gasteiger partial charge in [-0.15, -0.1) is 0 Å². The normalized spacial score (nSPS) is 10.5. The van der Waals surface area contributed by atoms with E-state index in [0.29, 0.717) is 36.5 Å². The average Bonchev–Trinajstić information content (AvgIpc) is 2.92. The first-order chi connectivity index (χ1) is 18.2. The van der Waals surface area contributed by atoms with Crippen LogP contribution in [0.25, 0.3) is 0 Å². The Balaban J connectivity index is 1.25. The number of phenols is 1. The summed E-state index contributed by atoms with van der Waals surface area (Å²) in [7, 11) is 0. The van der Waals surface area contributed by atoms with E-state index in [0.717, 1.165) is 37.1 Å². The summed E-state index contributed by atoms with van der Waals surface area (Å²) in [5, 5.41) is 22.1. The van der Waals surface area contributed by atoms with Gasteiger partial charge in [0.15, 0.2) is 0 Å². The first kappa shape index (κ1) is 25.4. The second kappa shape index (κ2) is 13.4. The Labute approximate surface area is 216 Å². The first-order valence-electron chi connectivity index (χ1n) is 12.4. The highest BCUT2D eigenvalue weighted by molar-refractivity contribution is 5.94. The molecule has 1 amide bonds. The molecule has 4 aromatic rings. The maximum atomic E-state index is 12.1. The van der Waals surface area contributed by atoms with E-state index in [2.05, 4.69) is 36.2 Å². The van der Waals surface area contributed by atoms with Gasteiger partial charge >= 0.3 is 0 Å². The standard InChI is InChI=1S/C28H31N7O2/c36-24-17-15-23(16-18-24)32-28-34-26(33-27(35-28)31-22-13-7-4-8-14-22)30-20-10-2-1-9-19-29-25(37)21-11-5-3-6-12-21/h3-8,11-18,36H,1-2,9-10,19-20H2,(H,29,37)(H3,30,31,32,33,34,35). The molecule has 0 spiro atoms. The number of rotatable bonds is 13. The molecule has 9 heteroatoms. The number of hydrogen-bond donors (Lipinski definition) is 5. The van der Waals surface area contributed by atoms with Gasteiger partial charge in [0.2, 0.25) is 17.8 Å². The van der Waals surface area contributed by atoms with Gasteiger partial charge in [0, 0.05) is 30.0 Å². The van der Waals surface area contributed by atoms with Crippen molar-refractivity contribution >= 4 is 35.1 Å². The third kappa shape index (κ3) is 8.50. The maximum absolute atomic E-state index is 12.1. The lowest BCUT2D eigenvalue weighted by Gasteiger charge is -2.11. The molecule has 0 radical (unpaired) electrons. The number of nitrogens with one attached hydrogen (secondary N) is 4. The fraction of sp³-hybridized carbons (Fsp3) is 0.214. The zero-order valence-corrected chi connectivity index (χ0v) is 20.5. The SMILES string of the molecule is O=C(NCCCCCCNc1nc(Nc2ccccc2)nc(Nc2ccc(O)cc2)n1)c1ccccc1. The molecule has 9 nitrogen and oxygen atoms in total. The van der Waals surface area contributed by atoms with Gasteiger partial charge in [-0.05, 0) is 61.4 Å². The van der Waals surface area contributed by atoms with Crippen molar-refractivity contribution in [2.75, 3.05) is 29.0 Å². The molecule has 3 aromatic carbocycles. The van der Waals surface area contributed by atoms with E-state index in [1.165, 1.54) is 0 Å². The highest BCUT2D eigenvalue weighted by atomic mass is 16.3. The van der Waals surface area contributed by atoms with E-state index in [9.17, 15) is 9.90 Å². The van der Waals surface area contributed by atoms with Gasteiger partial charge in [-0.2, -0.15) is 15.0 Å². The van der Waals surface area contributed by atoms with E-state index in [4.69, 9.17) is 0 Å². The number of phenolic OH excluding ortho intramolecular Hbond substituents is 1. The van der Waals surface area contributed by atoms with Gasteiger partial charge in [0.05, 0.1) is 0 Å². The lowest BCUT2D eigenvalue weighted by molar-refractivity contribution is 0.0953. The second-order valence-corrected chi connectivity index (χ2v) is 8.43. The molecule has 0 atom stereocenters. The topological polar surface area (TPSA) is 124 Å². The molecule has 4 rings (SSSR count). The smallest absolute Gasteiger partial charge is 0.251 e. The van der Waals surface area contributed by atoms with Crippen LogP contribution in [0.5, 0.6) is 5.75 Å². The predicted octanol–water partition coefficient (Wildman–Crippen LogP) is 5.47. The number of nitrogens with zero attached hydrogens (tertiary/aromatic N) is 3. The molecule has 0 fully saturated rings. The van der Waals surface area contributed by atoms with Crippen LogP contribution in [-0.4, -0.2) is 39.1 Å². The molecular formula is C28H31N7O2. The number of para-hydroxylation sites is 1. The molecular weight excluding hydrogens is 466 g/mol. The van der Waals surface area contributed by atoms with Crippen LogP contribution < -0.4 is 21.3 Å². The number of amides is 1. The number of hydrogen-bond acceptors (Lipinski definition) is 8. The van der Waals surface area contributed by atoms with E-state index in [-0.39, 0.29) is 11.7 Å². The Morgan fingerprint density at radius 3 is 1.81 bits per heavy atom. The summed E-state index contributed by atoms with van der Waals surface area (Å²) in [6.45, 7) is 1.37. The summed E-state index contributed by atoms with van der Waals surface area (Å²) in [5.74, 6) is 1.42. The summed E-state index contributed by atoms with van der Waals surface area (Å²) in [4.78, 5) is 25.6.